The zero-order chi connectivity index (χ0) is 16.9. The highest BCUT2D eigenvalue weighted by Crippen LogP contribution is 2.17. The van der Waals surface area contributed by atoms with Crippen LogP contribution in [0.2, 0.25) is 5.02 Å². The first-order valence-corrected chi connectivity index (χ1v) is 7.51. The average molecular weight is 340 g/mol. The molecule has 0 unspecified atom stereocenters. The van der Waals surface area contributed by atoms with E-state index < -0.39 is 0 Å². The van der Waals surface area contributed by atoms with Crippen molar-refractivity contribution in [3.8, 4) is 11.3 Å². The van der Waals surface area contributed by atoms with E-state index in [0.717, 1.165) is 5.56 Å². The number of benzene rings is 2. The lowest BCUT2D eigenvalue weighted by atomic mass is 10.1. The zero-order valence-electron chi connectivity index (χ0n) is 12.5. The molecule has 0 spiro atoms. The fourth-order valence-corrected chi connectivity index (χ4v) is 2.30. The van der Waals surface area contributed by atoms with Crippen molar-refractivity contribution in [2.45, 2.75) is 0 Å². The summed E-state index contributed by atoms with van der Waals surface area (Å²) in [5.41, 5.74) is 7.58. The summed E-state index contributed by atoms with van der Waals surface area (Å²) < 4.78 is 0. The van der Waals surface area contributed by atoms with Gasteiger partial charge in [0.05, 0.1) is 5.69 Å². The number of anilines is 1. The topological polar surface area (TPSA) is 96.2 Å². The highest BCUT2D eigenvalue weighted by Gasteiger charge is 2.04. The second-order valence-corrected chi connectivity index (χ2v) is 5.39. The fourth-order valence-electron chi connectivity index (χ4n) is 2.11. The number of nitrogens with two attached hydrogens (primary N) is 1. The molecule has 2 aromatic carbocycles. The molecular weight excluding hydrogens is 326 g/mol. The number of guanidine groups is 1. The van der Waals surface area contributed by atoms with Crippen LogP contribution in [-0.2, 0) is 0 Å². The Hall–Kier alpha value is -3.12. The molecule has 0 atom stereocenters. The standard InChI is InChI=1S/C17H14ClN5O/c18-12-7-4-8-13(9-12)20-16(19)23-17-21-14(10-15(24)22-17)11-5-2-1-3-6-11/h1-10H,(H4,19,20,21,22,23,24). The minimum Gasteiger partial charge on any atom is -0.369 e. The van der Waals surface area contributed by atoms with Crippen molar-refractivity contribution >= 4 is 29.2 Å². The molecule has 3 rings (SSSR count). The largest absolute Gasteiger partial charge is 0.369 e. The van der Waals surface area contributed by atoms with Gasteiger partial charge in [-0.15, -0.1) is 0 Å². The molecule has 0 bridgehead atoms. The van der Waals surface area contributed by atoms with Crippen LogP contribution in [0.5, 0.6) is 0 Å². The minimum absolute atomic E-state index is 0.0885. The molecule has 120 valence electrons. The van der Waals surface area contributed by atoms with Crippen molar-refractivity contribution in [3.05, 3.63) is 76.0 Å². The SMILES string of the molecule is NC(=Nc1nc(-c2ccccc2)cc(=O)[nH]1)Nc1cccc(Cl)c1. The fraction of sp³-hybridized carbons (Fsp3) is 0. The van der Waals surface area contributed by atoms with Gasteiger partial charge in [-0.2, -0.15) is 4.99 Å². The van der Waals surface area contributed by atoms with E-state index in [1.54, 1.807) is 24.3 Å². The molecule has 1 aromatic heterocycles. The molecule has 0 aliphatic rings. The number of hydrogen-bond donors (Lipinski definition) is 3. The highest BCUT2D eigenvalue weighted by molar-refractivity contribution is 6.30. The van der Waals surface area contributed by atoms with Gasteiger partial charge in [0.2, 0.25) is 11.9 Å². The molecule has 0 fully saturated rings. The van der Waals surface area contributed by atoms with Gasteiger partial charge in [0, 0.05) is 22.3 Å². The number of aliphatic imine (C=N–C) groups is 1. The van der Waals surface area contributed by atoms with E-state index in [2.05, 4.69) is 20.3 Å². The summed E-state index contributed by atoms with van der Waals surface area (Å²) in [7, 11) is 0. The summed E-state index contributed by atoms with van der Waals surface area (Å²) >= 11 is 5.92. The van der Waals surface area contributed by atoms with Crippen LogP contribution in [0.25, 0.3) is 11.3 Å². The van der Waals surface area contributed by atoms with Gasteiger partial charge in [0.25, 0.3) is 5.56 Å². The molecule has 0 amide bonds. The van der Waals surface area contributed by atoms with Crippen LogP contribution in [0.1, 0.15) is 0 Å². The Morgan fingerprint density at radius 3 is 2.67 bits per heavy atom. The van der Waals surface area contributed by atoms with E-state index in [1.165, 1.54) is 6.07 Å². The second-order valence-electron chi connectivity index (χ2n) is 4.95. The summed E-state index contributed by atoms with van der Waals surface area (Å²) in [6, 6.07) is 17.8. The number of nitrogens with one attached hydrogen (secondary N) is 2. The van der Waals surface area contributed by atoms with Crippen LogP contribution in [0.3, 0.4) is 0 Å². The quantitative estimate of drug-likeness (QED) is 0.504. The van der Waals surface area contributed by atoms with Crippen LogP contribution in [-0.4, -0.2) is 15.9 Å². The molecule has 0 aliphatic carbocycles. The Kier molecular flexibility index (Phi) is 4.58. The Balaban J connectivity index is 1.89. The van der Waals surface area contributed by atoms with Gasteiger partial charge in [-0.25, -0.2) is 4.98 Å². The summed E-state index contributed by atoms with van der Waals surface area (Å²) in [5.74, 6) is 0.207. The predicted molar refractivity (Wildman–Crippen MR) is 96.7 cm³/mol. The maximum absolute atomic E-state index is 11.8. The second kappa shape index (κ2) is 6.97. The number of hydrogen-bond acceptors (Lipinski definition) is 3. The summed E-state index contributed by atoms with van der Waals surface area (Å²) in [6.45, 7) is 0. The number of rotatable bonds is 3. The third kappa shape index (κ3) is 3.99. The van der Waals surface area contributed by atoms with Gasteiger partial charge in [0.15, 0.2) is 0 Å². The van der Waals surface area contributed by atoms with Crippen LogP contribution >= 0.6 is 11.6 Å². The zero-order valence-corrected chi connectivity index (χ0v) is 13.3. The first-order chi connectivity index (χ1) is 11.6. The normalized spacial score (nSPS) is 11.3. The predicted octanol–water partition coefficient (Wildman–Crippen LogP) is 3.15. The van der Waals surface area contributed by atoms with Gasteiger partial charge >= 0.3 is 0 Å². The van der Waals surface area contributed by atoms with Gasteiger partial charge in [-0.1, -0.05) is 48.0 Å². The molecule has 1 heterocycles. The minimum atomic E-state index is -0.307. The van der Waals surface area contributed by atoms with E-state index in [9.17, 15) is 4.79 Å². The van der Waals surface area contributed by atoms with Crippen molar-refractivity contribution in [2.75, 3.05) is 5.32 Å². The van der Waals surface area contributed by atoms with Crippen molar-refractivity contribution in [3.63, 3.8) is 0 Å². The molecule has 24 heavy (non-hydrogen) atoms. The highest BCUT2D eigenvalue weighted by atomic mass is 35.5. The van der Waals surface area contributed by atoms with Gasteiger partial charge < -0.3 is 11.1 Å². The number of nitrogens with zero attached hydrogens (tertiary/aromatic N) is 2. The van der Waals surface area contributed by atoms with Crippen LogP contribution in [0, 0.1) is 0 Å². The van der Waals surface area contributed by atoms with E-state index in [-0.39, 0.29) is 17.5 Å². The Labute approximate surface area is 143 Å². The lowest BCUT2D eigenvalue weighted by molar-refractivity contribution is 1.10. The van der Waals surface area contributed by atoms with Gasteiger partial charge in [-0.3, -0.25) is 9.78 Å². The molecule has 6 nitrogen and oxygen atoms in total. The molecule has 0 saturated carbocycles. The average Bonchev–Trinajstić information content (AvgIpc) is 2.55. The van der Waals surface area contributed by atoms with E-state index >= 15 is 0 Å². The number of H-pyrrole nitrogens is 1. The first-order valence-electron chi connectivity index (χ1n) is 7.14. The van der Waals surface area contributed by atoms with Crippen molar-refractivity contribution < 1.29 is 0 Å². The van der Waals surface area contributed by atoms with E-state index in [1.807, 2.05) is 30.3 Å². The smallest absolute Gasteiger partial charge is 0.252 e. The molecule has 0 radical (unpaired) electrons. The van der Waals surface area contributed by atoms with Crippen LogP contribution < -0.4 is 16.6 Å². The van der Waals surface area contributed by atoms with E-state index in [0.29, 0.717) is 16.4 Å². The van der Waals surface area contributed by atoms with Gasteiger partial charge in [-0.05, 0) is 18.2 Å². The number of aromatic amines is 1. The molecular formula is C17H14ClN5O. The van der Waals surface area contributed by atoms with Crippen molar-refractivity contribution in [1.29, 1.82) is 0 Å². The maximum atomic E-state index is 11.8. The molecule has 7 heteroatoms. The van der Waals surface area contributed by atoms with Crippen molar-refractivity contribution in [1.82, 2.24) is 9.97 Å². The van der Waals surface area contributed by atoms with Crippen LogP contribution in [0.15, 0.2) is 70.5 Å². The molecule has 4 N–H and O–H groups in total. The summed E-state index contributed by atoms with van der Waals surface area (Å²) in [6.07, 6.45) is 0. The summed E-state index contributed by atoms with van der Waals surface area (Å²) in [5, 5.41) is 3.47. The van der Waals surface area contributed by atoms with E-state index in [4.69, 9.17) is 17.3 Å². The van der Waals surface area contributed by atoms with Crippen molar-refractivity contribution in [2.24, 2.45) is 10.7 Å². The van der Waals surface area contributed by atoms with Gasteiger partial charge in [0.1, 0.15) is 0 Å². The first kappa shape index (κ1) is 15.8. The molecule has 0 saturated heterocycles. The Morgan fingerprint density at radius 1 is 1.12 bits per heavy atom. The third-order valence-corrected chi connectivity index (χ3v) is 3.36. The van der Waals surface area contributed by atoms with Crippen LogP contribution in [0.4, 0.5) is 11.6 Å². The summed E-state index contributed by atoms with van der Waals surface area (Å²) in [4.78, 5) is 22.8. The lowest BCUT2D eigenvalue weighted by Crippen LogP contribution is -2.22. The number of halogens is 1. The lowest BCUT2D eigenvalue weighted by Gasteiger charge is -2.06. The Bertz CT molecular complexity index is 937. The third-order valence-electron chi connectivity index (χ3n) is 3.12. The number of aromatic nitrogens is 2. The molecule has 0 aliphatic heterocycles. The molecule has 3 aromatic rings. The maximum Gasteiger partial charge on any atom is 0.252 e. The monoisotopic (exact) mass is 339 g/mol. The Morgan fingerprint density at radius 2 is 1.92 bits per heavy atom.